The fraction of sp³-hybridized carbons (Fsp3) is 0.944. The fourth-order valence-corrected chi connectivity index (χ4v) is 3.22. The van der Waals surface area contributed by atoms with Crippen molar-refractivity contribution in [1.82, 2.24) is 0 Å². The molecule has 0 saturated carbocycles. The molecule has 0 amide bonds. The molecule has 45 heavy (non-hydrogen) atoms. The van der Waals surface area contributed by atoms with Crippen LogP contribution < -0.4 is 19.8 Å². The highest BCUT2D eigenvalue weighted by atomic mass is 31.2. The molecule has 0 heterocycles. The molecule has 0 radical (unpaired) electrons. The Morgan fingerprint density at radius 1 is 0.400 bits per heavy atom. The van der Waals surface area contributed by atoms with Crippen molar-refractivity contribution in [2.75, 3.05) is 102 Å². The van der Waals surface area contributed by atoms with E-state index < -0.39 is 42.8 Å². The SMILES string of the molecule is CC(=O)[O-].O=P([O-])([O-])[O-].OC[P+](CO)(CO)CO.OC[P+](CO)(CO)CO.OC[P+](CO)(CO)CO.OC[P+](CO)(CO)CO. The number of phosphoric acid groups is 1. The first-order valence-electron chi connectivity index (χ1n) is 11.8. The van der Waals surface area contributed by atoms with Crippen LogP contribution in [0.3, 0.4) is 0 Å². The summed E-state index contributed by atoms with van der Waals surface area (Å²) in [5.74, 6) is -1.08. The van der Waals surface area contributed by atoms with E-state index in [0.29, 0.717) is 0 Å². The Hall–Kier alpha value is 0.660. The molecule has 0 saturated heterocycles. The lowest BCUT2D eigenvalue weighted by molar-refractivity contribution is -0.432. The normalized spacial score (nSPS) is 11.5. The third-order valence-electron chi connectivity index (χ3n) is 4.80. The summed E-state index contributed by atoms with van der Waals surface area (Å²) in [5, 5.41) is 146. The summed E-state index contributed by atoms with van der Waals surface area (Å²) >= 11 is 0. The number of carboxylic acid groups (broad SMARTS) is 1. The zero-order valence-electron chi connectivity index (χ0n) is 24.7. The molecule has 16 N–H and O–H groups in total. The molecule has 0 aliphatic rings. The van der Waals surface area contributed by atoms with Gasteiger partial charge in [-0.3, -0.25) is 0 Å². The molecule has 0 rings (SSSR count). The van der Waals surface area contributed by atoms with Gasteiger partial charge in [0.05, 0.1) is 0 Å². The lowest BCUT2D eigenvalue weighted by Gasteiger charge is -2.36. The van der Waals surface area contributed by atoms with Crippen molar-refractivity contribution in [2.24, 2.45) is 0 Å². The number of aliphatic hydroxyl groups is 16. The van der Waals surface area contributed by atoms with Gasteiger partial charge in [0, 0.05) is 5.97 Å². The molecular weight excluding hydrogens is 723 g/mol. The summed E-state index contributed by atoms with van der Waals surface area (Å²) in [6.45, 7) is 0.972. The van der Waals surface area contributed by atoms with Gasteiger partial charge in [0.15, 0.2) is 102 Å². The largest absolute Gasteiger partial charge is 0.822 e. The van der Waals surface area contributed by atoms with Crippen LogP contribution in [0, 0.1) is 0 Å². The Bertz CT molecular complexity index is 510. The maximum atomic E-state index is 8.89. The van der Waals surface area contributed by atoms with Crippen molar-refractivity contribution in [3.63, 3.8) is 0 Å². The van der Waals surface area contributed by atoms with Gasteiger partial charge in [0.2, 0.25) is 0 Å². The number of hydrogen-bond acceptors (Lipinski definition) is 22. The molecule has 0 fully saturated rings. The third kappa shape index (κ3) is 34.3. The number of hydrogen-bond donors (Lipinski definition) is 16. The van der Waals surface area contributed by atoms with Crippen LogP contribution >= 0.6 is 36.9 Å². The number of aliphatic hydroxyl groups excluding tert-OH is 16. The fourth-order valence-electron chi connectivity index (χ4n) is 1.07. The predicted octanol–water partition coefficient (Wildman–Crippen LogP) is -8.86. The molecule has 280 valence electrons. The molecule has 0 unspecified atom stereocenters. The second-order valence-electron chi connectivity index (χ2n) is 8.57. The second kappa shape index (κ2) is 34.5. The van der Waals surface area contributed by atoms with E-state index in [4.69, 9.17) is 111 Å². The Morgan fingerprint density at radius 3 is 0.444 bits per heavy atom. The highest BCUT2D eigenvalue weighted by molar-refractivity contribution is 7.76. The molecule has 0 aliphatic heterocycles. The summed E-state index contributed by atoms with van der Waals surface area (Å²) in [4.78, 5) is 34.5. The van der Waals surface area contributed by atoms with Crippen LogP contribution in [0.25, 0.3) is 0 Å². The molecule has 22 nitrogen and oxygen atoms in total. The third-order valence-corrected chi connectivity index (χ3v) is 14.4. The van der Waals surface area contributed by atoms with Crippen molar-refractivity contribution in [1.29, 1.82) is 0 Å². The second-order valence-corrected chi connectivity index (χ2v) is 24.7. The number of rotatable bonds is 16. The van der Waals surface area contributed by atoms with Crippen LogP contribution in [0.1, 0.15) is 6.92 Å². The Labute approximate surface area is 262 Å². The maximum absolute atomic E-state index is 8.89. The van der Waals surface area contributed by atoms with E-state index in [-0.39, 0.29) is 102 Å². The number of carbonyl (C=O) groups excluding carboxylic acids is 1. The van der Waals surface area contributed by atoms with Gasteiger partial charge in [-0.25, -0.2) is 0 Å². The molecular formula is C18H51O22P5. The van der Waals surface area contributed by atoms with Crippen molar-refractivity contribution in [2.45, 2.75) is 6.92 Å². The van der Waals surface area contributed by atoms with E-state index in [1.165, 1.54) is 0 Å². The zero-order valence-corrected chi connectivity index (χ0v) is 29.1. The molecule has 0 atom stereocenters. The van der Waals surface area contributed by atoms with Crippen LogP contribution in [0.4, 0.5) is 0 Å². The van der Waals surface area contributed by atoms with E-state index >= 15 is 0 Å². The highest BCUT2D eigenvalue weighted by Gasteiger charge is 2.36. The molecule has 0 spiro atoms. The first-order valence-corrected chi connectivity index (χ1v) is 23.3. The summed E-state index contributed by atoms with van der Waals surface area (Å²) in [6.07, 6.45) is -4.72. The van der Waals surface area contributed by atoms with E-state index in [1.54, 1.807) is 0 Å². The summed E-state index contributed by atoms with van der Waals surface area (Å²) < 4.78 is 8.55. The predicted molar refractivity (Wildman–Crippen MR) is 159 cm³/mol. The zero-order chi connectivity index (χ0) is 37.4. The van der Waals surface area contributed by atoms with Gasteiger partial charge in [0.25, 0.3) is 0 Å². The van der Waals surface area contributed by atoms with Crippen molar-refractivity contribution in [3.05, 3.63) is 0 Å². The van der Waals surface area contributed by atoms with Gasteiger partial charge in [-0.15, -0.1) is 0 Å². The average Bonchev–Trinajstić information content (AvgIpc) is 3.03. The van der Waals surface area contributed by atoms with Crippen molar-refractivity contribution >= 4 is 42.8 Å². The van der Waals surface area contributed by atoms with Crippen LogP contribution in [0.5, 0.6) is 0 Å². The van der Waals surface area contributed by atoms with E-state index in [9.17, 15) is 0 Å². The van der Waals surface area contributed by atoms with Gasteiger partial charge in [0.1, 0.15) is 29.0 Å². The van der Waals surface area contributed by atoms with Crippen LogP contribution in [0.15, 0.2) is 0 Å². The molecule has 0 aromatic carbocycles. The van der Waals surface area contributed by atoms with Crippen molar-refractivity contribution < 1.29 is 111 Å². The average molecular weight is 774 g/mol. The van der Waals surface area contributed by atoms with E-state index in [1.807, 2.05) is 0 Å². The van der Waals surface area contributed by atoms with E-state index in [0.717, 1.165) is 6.92 Å². The van der Waals surface area contributed by atoms with Crippen LogP contribution in [-0.4, -0.2) is 189 Å². The van der Waals surface area contributed by atoms with Gasteiger partial charge >= 0.3 is 0 Å². The summed E-state index contributed by atoms with van der Waals surface area (Å²) in [7, 11) is -14.2. The molecule has 0 bridgehead atoms. The van der Waals surface area contributed by atoms with Gasteiger partial charge < -0.3 is 111 Å². The Morgan fingerprint density at radius 2 is 0.444 bits per heavy atom. The minimum atomic E-state index is -5.39. The van der Waals surface area contributed by atoms with Gasteiger partial charge in [-0.2, -0.15) is 7.82 Å². The minimum Gasteiger partial charge on any atom is -0.822 e. The Balaban J connectivity index is -0.000000104. The molecule has 0 aromatic heterocycles. The Kier molecular flexibility index (Phi) is 44.4. The van der Waals surface area contributed by atoms with Crippen molar-refractivity contribution in [3.8, 4) is 0 Å². The standard InChI is InChI=1S/4C4H12O4P.C2H4O2.H3O4P/c4*5-1-9(2-6,3-7)4-8;1-2(3)4;1-5(2,3)4/h4*5-8H,1-4H2;1H3,(H,3,4);(H3,1,2,3,4)/q4*+1;;/p-4. The van der Waals surface area contributed by atoms with Gasteiger partial charge in [-0.05, 0) is 6.92 Å². The number of carbonyl (C=O) groups is 1. The first kappa shape index (κ1) is 57.9. The van der Waals surface area contributed by atoms with Crippen LogP contribution in [0.2, 0.25) is 0 Å². The smallest absolute Gasteiger partial charge is 0.161 e. The molecule has 0 aliphatic carbocycles. The maximum Gasteiger partial charge on any atom is 0.161 e. The van der Waals surface area contributed by atoms with E-state index in [2.05, 4.69) is 0 Å². The quantitative estimate of drug-likeness (QED) is 0.0647. The summed E-state index contributed by atoms with van der Waals surface area (Å²) in [6, 6.07) is 0. The highest BCUT2D eigenvalue weighted by Crippen LogP contribution is 2.56. The monoisotopic (exact) mass is 774 g/mol. The lowest BCUT2D eigenvalue weighted by atomic mass is 10.9. The lowest BCUT2D eigenvalue weighted by Crippen LogP contribution is -2.24. The number of carboxylic acids is 1. The summed E-state index contributed by atoms with van der Waals surface area (Å²) in [5.41, 5.74) is 0. The molecule has 27 heteroatoms. The molecule has 0 aromatic rings. The first-order chi connectivity index (χ1) is 20.7. The minimum absolute atomic E-state index is 0.295. The van der Waals surface area contributed by atoms with Gasteiger partial charge in [-0.1, -0.05) is 0 Å². The van der Waals surface area contributed by atoms with Crippen LogP contribution in [-0.2, 0) is 9.36 Å². The number of aliphatic carboxylic acids is 1. The topological polar surface area (TPSA) is 450 Å².